The van der Waals surface area contributed by atoms with E-state index in [1.165, 1.54) is 12.1 Å². The molecule has 0 spiro atoms. The smallest absolute Gasteiger partial charge is 0.157 e. The first-order valence-electron chi connectivity index (χ1n) is 6.10. The van der Waals surface area contributed by atoms with E-state index >= 15 is 0 Å². The van der Waals surface area contributed by atoms with Crippen molar-refractivity contribution in [3.63, 3.8) is 0 Å². The van der Waals surface area contributed by atoms with Gasteiger partial charge in [-0.3, -0.25) is 5.21 Å². The lowest BCUT2D eigenvalue weighted by Gasteiger charge is -2.24. The van der Waals surface area contributed by atoms with Crippen molar-refractivity contribution in [2.75, 3.05) is 17.2 Å². The highest BCUT2D eigenvalue weighted by Gasteiger charge is 2.42. The summed E-state index contributed by atoms with van der Waals surface area (Å²) in [5.74, 6) is 0. The third-order valence-electron chi connectivity index (χ3n) is 3.27. The second kappa shape index (κ2) is 5.92. The molecule has 4 unspecified atom stereocenters. The molecule has 1 fully saturated rings. The largest absolute Gasteiger partial charge is 0.733 e. The molecule has 4 atom stereocenters. The number of aryl methyl sites for hydroxylation is 1. The van der Waals surface area contributed by atoms with Gasteiger partial charge in [0, 0.05) is 5.69 Å². The molecule has 1 aliphatic heterocycles. The molecule has 8 heteroatoms. The quantitative estimate of drug-likeness (QED) is 0.470. The van der Waals surface area contributed by atoms with Crippen LogP contribution in [0, 0.1) is 12.1 Å². The minimum atomic E-state index is -1.18. The second-order valence-electron chi connectivity index (χ2n) is 4.68. The van der Waals surface area contributed by atoms with E-state index in [2.05, 4.69) is 5.32 Å². The Bertz CT molecular complexity index is 469. The van der Waals surface area contributed by atoms with Crippen LogP contribution < -0.4 is 10.5 Å². The summed E-state index contributed by atoms with van der Waals surface area (Å²) in [5, 5.41) is 50.6. The highest BCUT2D eigenvalue weighted by atomic mass is 16.8. The maximum atomic E-state index is 10.8. The topological polar surface area (TPSA) is 128 Å². The molecular formula is C12H17N2O6-. The van der Waals surface area contributed by atoms with E-state index in [0.29, 0.717) is 11.3 Å². The fraction of sp³-hybridized carbons (Fsp3) is 0.500. The summed E-state index contributed by atoms with van der Waals surface area (Å²) >= 11 is 0. The standard InChI is InChI=1S/C12H17N2O6/c1-6-4-7(14(18)19)2-3-8(6)13-12-11(17)10(16)9(5-15)20-12/h2-4,9-13,15-18H,5H2,1H3/q-1. The van der Waals surface area contributed by atoms with Crippen molar-refractivity contribution in [2.45, 2.75) is 31.5 Å². The van der Waals surface area contributed by atoms with E-state index in [9.17, 15) is 15.4 Å². The van der Waals surface area contributed by atoms with Crippen molar-refractivity contribution < 1.29 is 25.3 Å². The van der Waals surface area contributed by atoms with Gasteiger partial charge in [0.2, 0.25) is 0 Å². The van der Waals surface area contributed by atoms with Crippen molar-refractivity contribution in [1.29, 1.82) is 0 Å². The number of hydrogen-bond acceptors (Lipinski definition) is 8. The van der Waals surface area contributed by atoms with E-state index in [1.54, 1.807) is 13.0 Å². The van der Waals surface area contributed by atoms with E-state index in [4.69, 9.17) is 15.1 Å². The van der Waals surface area contributed by atoms with Crippen LogP contribution in [-0.4, -0.2) is 51.7 Å². The summed E-state index contributed by atoms with van der Waals surface area (Å²) in [7, 11) is 0. The summed E-state index contributed by atoms with van der Waals surface area (Å²) in [5.41, 5.74) is 1.30. The molecule has 5 N–H and O–H groups in total. The Labute approximate surface area is 115 Å². The molecule has 1 saturated heterocycles. The number of ether oxygens (including phenoxy) is 1. The van der Waals surface area contributed by atoms with Crippen molar-refractivity contribution >= 4 is 11.4 Å². The first kappa shape index (κ1) is 15.0. The molecule has 1 aliphatic rings. The Morgan fingerprint density at radius 3 is 2.55 bits per heavy atom. The van der Waals surface area contributed by atoms with Crippen LogP contribution in [0.4, 0.5) is 11.4 Å². The minimum Gasteiger partial charge on any atom is -0.733 e. The predicted octanol–water partition coefficient (Wildman–Crippen LogP) is -0.461. The molecule has 0 saturated carbocycles. The summed E-state index contributed by atoms with van der Waals surface area (Å²) in [6.45, 7) is 1.31. The maximum absolute atomic E-state index is 10.8. The van der Waals surface area contributed by atoms with Gasteiger partial charge in [-0.1, -0.05) is 0 Å². The van der Waals surface area contributed by atoms with Gasteiger partial charge in [-0.25, -0.2) is 0 Å². The SMILES string of the molecule is Cc1cc(N([O-])O)ccc1NC1OC(CO)C(O)C1O. The molecule has 0 bridgehead atoms. The van der Waals surface area contributed by atoms with Gasteiger partial charge in [-0.05, 0) is 30.7 Å². The third-order valence-corrected chi connectivity index (χ3v) is 3.27. The Morgan fingerprint density at radius 1 is 1.35 bits per heavy atom. The Hall–Kier alpha value is -1.42. The highest BCUT2D eigenvalue weighted by Crippen LogP contribution is 2.26. The Balaban J connectivity index is 2.11. The molecule has 1 heterocycles. The first-order chi connectivity index (χ1) is 9.43. The number of nitrogens with one attached hydrogen (secondary N) is 1. The number of aliphatic hydroxyl groups is 3. The van der Waals surface area contributed by atoms with Crippen LogP contribution >= 0.6 is 0 Å². The van der Waals surface area contributed by atoms with Crippen LogP contribution in [0.25, 0.3) is 0 Å². The molecule has 0 aromatic heterocycles. The van der Waals surface area contributed by atoms with Crippen LogP contribution in [0.1, 0.15) is 5.56 Å². The van der Waals surface area contributed by atoms with Crippen LogP contribution in [0.3, 0.4) is 0 Å². The molecule has 112 valence electrons. The molecule has 0 aliphatic carbocycles. The van der Waals surface area contributed by atoms with Gasteiger partial charge in [0.25, 0.3) is 0 Å². The van der Waals surface area contributed by atoms with Gasteiger partial charge in [0.05, 0.1) is 12.3 Å². The first-order valence-corrected chi connectivity index (χ1v) is 6.10. The summed E-state index contributed by atoms with van der Waals surface area (Å²) in [6.07, 6.45) is -4.08. The Morgan fingerprint density at radius 2 is 2.05 bits per heavy atom. The number of rotatable bonds is 4. The van der Waals surface area contributed by atoms with Crippen LogP contribution in [0.5, 0.6) is 0 Å². The van der Waals surface area contributed by atoms with Crippen molar-refractivity contribution in [2.24, 2.45) is 0 Å². The zero-order valence-electron chi connectivity index (χ0n) is 10.8. The van der Waals surface area contributed by atoms with Crippen molar-refractivity contribution in [3.8, 4) is 0 Å². The lowest BCUT2D eigenvalue weighted by atomic mass is 10.1. The van der Waals surface area contributed by atoms with E-state index in [1.807, 2.05) is 0 Å². The average molecular weight is 285 g/mol. The van der Waals surface area contributed by atoms with Crippen LogP contribution in [0.2, 0.25) is 0 Å². The highest BCUT2D eigenvalue weighted by molar-refractivity contribution is 5.59. The zero-order chi connectivity index (χ0) is 14.9. The normalized spacial score (nSPS) is 29.5. The molecule has 0 amide bonds. The van der Waals surface area contributed by atoms with E-state index in [-0.39, 0.29) is 10.9 Å². The van der Waals surface area contributed by atoms with Gasteiger partial charge in [0.15, 0.2) is 6.23 Å². The van der Waals surface area contributed by atoms with Gasteiger partial charge < -0.3 is 35.8 Å². The summed E-state index contributed by atoms with van der Waals surface area (Å²) in [4.78, 5) is 0. The van der Waals surface area contributed by atoms with Crippen LogP contribution in [-0.2, 0) is 4.74 Å². The number of nitrogens with zero attached hydrogens (tertiary/aromatic N) is 1. The number of aliphatic hydroxyl groups excluding tert-OH is 3. The summed E-state index contributed by atoms with van der Waals surface area (Å²) in [6, 6.07) is 4.39. The number of anilines is 2. The fourth-order valence-electron chi connectivity index (χ4n) is 2.10. The number of benzene rings is 1. The van der Waals surface area contributed by atoms with Crippen LogP contribution in [0.15, 0.2) is 18.2 Å². The fourth-order valence-corrected chi connectivity index (χ4v) is 2.10. The number of hydrogen-bond donors (Lipinski definition) is 5. The third kappa shape index (κ3) is 2.85. The molecular weight excluding hydrogens is 268 g/mol. The van der Waals surface area contributed by atoms with Gasteiger partial charge in [0.1, 0.15) is 18.3 Å². The Kier molecular flexibility index (Phi) is 4.43. The maximum Gasteiger partial charge on any atom is 0.157 e. The molecule has 2 rings (SSSR count). The van der Waals surface area contributed by atoms with Gasteiger partial charge >= 0.3 is 0 Å². The molecule has 8 nitrogen and oxygen atoms in total. The lowest BCUT2D eigenvalue weighted by Crippen LogP contribution is -2.36. The monoisotopic (exact) mass is 285 g/mol. The molecule has 20 heavy (non-hydrogen) atoms. The minimum absolute atomic E-state index is 0.0780. The lowest BCUT2D eigenvalue weighted by molar-refractivity contribution is -0.0153. The predicted molar refractivity (Wildman–Crippen MR) is 70.2 cm³/mol. The molecule has 1 aromatic rings. The van der Waals surface area contributed by atoms with E-state index < -0.39 is 31.1 Å². The van der Waals surface area contributed by atoms with Crippen molar-refractivity contribution in [3.05, 3.63) is 29.0 Å². The van der Waals surface area contributed by atoms with Crippen molar-refractivity contribution in [1.82, 2.24) is 0 Å². The van der Waals surface area contributed by atoms with Gasteiger partial charge in [-0.2, -0.15) is 0 Å². The van der Waals surface area contributed by atoms with Gasteiger partial charge in [-0.15, -0.1) is 0 Å². The molecule has 1 aromatic carbocycles. The summed E-state index contributed by atoms with van der Waals surface area (Å²) < 4.78 is 5.29. The van der Waals surface area contributed by atoms with E-state index in [0.717, 1.165) is 0 Å². The average Bonchev–Trinajstić information content (AvgIpc) is 2.68. The second-order valence-corrected chi connectivity index (χ2v) is 4.68. The molecule has 0 radical (unpaired) electrons. The zero-order valence-corrected chi connectivity index (χ0v) is 10.8.